The molecule has 1 aliphatic rings. The van der Waals surface area contributed by atoms with Crippen molar-refractivity contribution in [3.8, 4) is 0 Å². The maximum atomic E-state index is 14.1. The van der Waals surface area contributed by atoms with Gasteiger partial charge < -0.3 is 19.7 Å². The van der Waals surface area contributed by atoms with Gasteiger partial charge >= 0.3 is 0 Å². The lowest BCUT2D eigenvalue weighted by Gasteiger charge is -2.37. The van der Waals surface area contributed by atoms with E-state index in [-0.39, 0.29) is 29.8 Å². The maximum Gasteiger partial charge on any atom is 0.193 e. The summed E-state index contributed by atoms with van der Waals surface area (Å²) in [5.41, 5.74) is 1.94. The summed E-state index contributed by atoms with van der Waals surface area (Å²) in [6.07, 6.45) is 4.70. The second-order valence-electron chi connectivity index (χ2n) is 7.61. The Hall–Kier alpha value is -2.62. The standard InChI is InChI=1S/C24H29FN6.HI/c1-26-24(30-17-15-29(16-18-30)22-10-6-5-9-21(22)25)28-12-11-23-27-13-14-31(23)19-20-7-3-2-4-8-20;/h2-10,13-14H,11-12,15-19H2,1H3,(H,26,28);1H. The van der Waals surface area contributed by atoms with E-state index in [1.807, 2.05) is 37.6 Å². The molecular formula is C24H30FIN6. The van der Waals surface area contributed by atoms with Crippen molar-refractivity contribution in [1.82, 2.24) is 19.8 Å². The van der Waals surface area contributed by atoms with Gasteiger partial charge in [-0.25, -0.2) is 9.37 Å². The highest BCUT2D eigenvalue weighted by Gasteiger charge is 2.21. The van der Waals surface area contributed by atoms with Crippen molar-refractivity contribution in [2.75, 3.05) is 44.7 Å². The lowest BCUT2D eigenvalue weighted by Crippen LogP contribution is -2.53. The first-order valence-corrected chi connectivity index (χ1v) is 10.7. The monoisotopic (exact) mass is 548 g/mol. The molecule has 0 aliphatic carbocycles. The van der Waals surface area contributed by atoms with Crippen molar-refractivity contribution >= 4 is 35.6 Å². The van der Waals surface area contributed by atoms with Crippen LogP contribution in [0.1, 0.15) is 11.4 Å². The van der Waals surface area contributed by atoms with Crippen LogP contribution in [-0.2, 0) is 13.0 Å². The fourth-order valence-electron chi connectivity index (χ4n) is 3.98. The van der Waals surface area contributed by atoms with E-state index in [0.717, 1.165) is 57.5 Å². The summed E-state index contributed by atoms with van der Waals surface area (Å²) in [6, 6.07) is 17.4. The summed E-state index contributed by atoms with van der Waals surface area (Å²) in [7, 11) is 1.81. The van der Waals surface area contributed by atoms with E-state index in [2.05, 4.69) is 53.9 Å². The Morgan fingerprint density at radius 1 is 1.03 bits per heavy atom. The second kappa shape index (κ2) is 11.8. The van der Waals surface area contributed by atoms with Gasteiger partial charge in [-0.05, 0) is 17.7 Å². The van der Waals surface area contributed by atoms with Gasteiger partial charge in [-0.2, -0.15) is 0 Å². The first kappa shape index (κ1) is 24.0. The van der Waals surface area contributed by atoms with Gasteiger partial charge in [0, 0.05) is 65.1 Å². The van der Waals surface area contributed by atoms with E-state index in [1.54, 1.807) is 6.07 Å². The maximum absolute atomic E-state index is 14.1. The summed E-state index contributed by atoms with van der Waals surface area (Å²) in [4.78, 5) is 13.3. The smallest absolute Gasteiger partial charge is 0.193 e. The molecule has 1 aliphatic heterocycles. The molecule has 1 N–H and O–H groups in total. The van der Waals surface area contributed by atoms with E-state index in [9.17, 15) is 4.39 Å². The molecule has 0 saturated carbocycles. The van der Waals surface area contributed by atoms with Crippen molar-refractivity contribution in [1.29, 1.82) is 0 Å². The molecule has 2 heterocycles. The van der Waals surface area contributed by atoms with Crippen LogP contribution >= 0.6 is 24.0 Å². The van der Waals surface area contributed by atoms with Crippen LogP contribution in [0.15, 0.2) is 72.0 Å². The molecule has 32 heavy (non-hydrogen) atoms. The Labute approximate surface area is 206 Å². The van der Waals surface area contributed by atoms with E-state index in [1.165, 1.54) is 11.6 Å². The summed E-state index contributed by atoms with van der Waals surface area (Å²) < 4.78 is 16.3. The number of anilines is 1. The second-order valence-corrected chi connectivity index (χ2v) is 7.61. The average molecular weight is 548 g/mol. The predicted octanol–water partition coefficient (Wildman–Crippen LogP) is 3.63. The summed E-state index contributed by atoms with van der Waals surface area (Å²) >= 11 is 0. The molecule has 6 nitrogen and oxygen atoms in total. The highest BCUT2D eigenvalue weighted by atomic mass is 127. The number of para-hydroxylation sites is 1. The highest BCUT2D eigenvalue weighted by Crippen LogP contribution is 2.20. The van der Waals surface area contributed by atoms with Gasteiger partial charge in [0.1, 0.15) is 11.6 Å². The Morgan fingerprint density at radius 3 is 2.47 bits per heavy atom. The van der Waals surface area contributed by atoms with Crippen molar-refractivity contribution in [3.05, 3.63) is 84.2 Å². The lowest BCUT2D eigenvalue weighted by atomic mass is 10.2. The summed E-state index contributed by atoms with van der Waals surface area (Å²) in [5, 5.41) is 3.46. The van der Waals surface area contributed by atoms with Crippen molar-refractivity contribution in [2.24, 2.45) is 4.99 Å². The van der Waals surface area contributed by atoms with Gasteiger partial charge in [0.05, 0.1) is 5.69 Å². The topological polar surface area (TPSA) is 48.7 Å². The Morgan fingerprint density at radius 2 is 1.75 bits per heavy atom. The first-order chi connectivity index (χ1) is 15.2. The summed E-state index contributed by atoms with van der Waals surface area (Å²) in [6.45, 7) is 4.72. The van der Waals surface area contributed by atoms with Crippen LogP contribution in [0, 0.1) is 5.82 Å². The molecule has 170 valence electrons. The number of guanidine groups is 1. The van der Waals surface area contributed by atoms with Crippen molar-refractivity contribution in [2.45, 2.75) is 13.0 Å². The number of nitrogens with one attached hydrogen (secondary N) is 1. The third-order valence-electron chi connectivity index (χ3n) is 5.61. The number of halogens is 2. The third-order valence-corrected chi connectivity index (χ3v) is 5.61. The normalized spacial score (nSPS) is 14.2. The van der Waals surface area contributed by atoms with E-state index >= 15 is 0 Å². The molecule has 0 amide bonds. The fraction of sp³-hybridized carbons (Fsp3) is 0.333. The molecule has 1 saturated heterocycles. The number of aliphatic imine (C=N–C) groups is 1. The predicted molar refractivity (Wildman–Crippen MR) is 138 cm³/mol. The molecule has 0 atom stereocenters. The van der Waals surface area contributed by atoms with Gasteiger partial charge in [0.15, 0.2) is 5.96 Å². The van der Waals surface area contributed by atoms with Crippen LogP contribution in [0.5, 0.6) is 0 Å². The number of rotatable bonds is 6. The van der Waals surface area contributed by atoms with E-state index < -0.39 is 0 Å². The minimum absolute atomic E-state index is 0. The fourth-order valence-corrected chi connectivity index (χ4v) is 3.98. The molecule has 2 aromatic carbocycles. The number of piperazine rings is 1. The highest BCUT2D eigenvalue weighted by molar-refractivity contribution is 14.0. The zero-order valence-electron chi connectivity index (χ0n) is 18.3. The number of aromatic nitrogens is 2. The van der Waals surface area contributed by atoms with Crippen molar-refractivity contribution < 1.29 is 4.39 Å². The van der Waals surface area contributed by atoms with Crippen LogP contribution < -0.4 is 10.2 Å². The van der Waals surface area contributed by atoms with Gasteiger partial charge in [-0.1, -0.05) is 42.5 Å². The minimum atomic E-state index is -0.163. The molecule has 0 spiro atoms. The molecule has 0 radical (unpaired) electrons. The molecule has 0 unspecified atom stereocenters. The Bertz CT molecular complexity index is 998. The lowest BCUT2D eigenvalue weighted by molar-refractivity contribution is 0.371. The van der Waals surface area contributed by atoms with Crippen LogP contribution in [0.4, 0.5) is 10.1 Å². The number of nitrogens with zero attached hydrogens (tertiary/aromatic N) is 5. The molecule has 1 fully saturated rings. The Balaban J connectivity index is 0.00000289. The zero-order valence-corrected chi connectivity index (χ0v) is 20.7. The molecule has 0 bridgehead atoms. The van der Waals surface area contributed by atoms with Gasteiger partial charge in [-0.15, -0.1) is 24.0 Å². The average Bonchev–Trinajstić information content (AvgIpc) is 3.25. The number of hydrogen-bond acceptors (Lipinski definition) is 3. The molecule has 8 heteroatoms. The van der Waals surface area contributed by atoms with Crippen LogP contribution in [-0.4, -0.2) is 60.2 Å². The number of imidazole rings is 1. The van der Waals surface area contributed by atoms with Crippen LogP contribution in [0.3, 0.4) is 0 Å². The molecule has 1 aromatic heterocycles. The largest absolute Gasteiger partial charge is 0.366 e. The zero-order chi connectivity index (χ0) is 21.5. The van der Waals surface area contributed by atoms with Gasteiger partial charge in [-0.3, -0.25) is 4.99 Å². The number of hydrogen-bond donors (Lipinski definition) is 1. The SMILES string of the molecule is CN=C(NCCc1nccn1Cc1ccccc1)N1CCN(c2ccccc2F)CC1.I. The van der Waals surface area contributed by atoms with Crippen LogP contribution in [0.2, 0.25) is 0 Å². The first-order valence-electron chi connectivity index (χ1n) is 10.7. The molecular weight excluding hydrogens is 518 g/mol. The quantitative estimate of drug-likeness (QED) is 0.291. The van der Waals surface area contributed by atoms with E-state index in [0.29, 0.717) is 5.69 Å². The van der Waals surface area contributed by atoms with Crippen LogP contribution in [0.25, 0.3) is 0 Å². The van der Waals surface area contributed by atoms with Crippen molar-refractivity contribution in [3.63, 3.8) is 0 Å². The Kier molecular flexibility index (Phi) is 8.90. The molecule has 4 rings (SSSR count). The van der Waals surface area contributed by atoms with Gasteiger partial charge in [0.2, 0.25) is 0 Å². The molecule has 3 aromatic rings. The minimum Gasteiger partial charge on any atom is -0.366 e. The third kappa shape index (κ3) is 5.99. The van der Waals surface area contributed by atoms with E-state index in [4.69, 9.17) is 0 Å². The summed E-state index contributed by atoms with van der Waals surface area (Å²) in [5.74, 6) is 1.77. The number of benzene rings is 2. The van der Waals surface area contributed by atoms with Gasteiger partial charge in [0.25, 0.3) is 0 Å².